The summed E-state index contributed by atoms with van der Waals surface area (Å²) in [6.45, 7) is 17.8. The highest BCUT2D eigenvalue weighted by Gasteiger charge is 2.52. The Morgan fingerprint density at radius 3 is 1.50 bits per heavy atom. The number of halogens is 1. The summed E-state index contributed by atoms with van der Waals surface area (Å²) >= 11 is 3.59. The fourth-order valence-corrected chi connectivity index (χ4v) is 16.7. The van der Waals surface area contributed by atoms with Gasteiger partial charge in [-0.25, -0.2) is 0 Å². The van der Waals surface area contributed by atoms with Crippen LogP contribution in [0.1, 0.15) is 77.6 Å². The van der Waals surface area contributed by atoms with E-state index in [-0.39, 0.29) is 29.2 Å². The predicted octanol–water partition coefficient (Wildman–Crippen LogP) is 22.2. The van der Waals surface area contributed by atoms with Gasteiger partial charge in [-0.05, 0) is 158 Å². The van der Waals surface area contributed by atoms with E-state index < -0.39 is 0 Å². The molecule has 0 bridgehead atoms. The number of benzene rings is 13. The fraction of sp³-hybridized carbons (Fsp3) is 0.143. The van der Waals surface area contributed by atoms with Crippen LogP contribution in [-0.2, 0) is 20.1 Å². The summed E-state index contributed by atoms with van der Waals surface area (Å²) in [5.74, 6) is 0. The number of para-hydroxylation sites is 3. The third-order valence-electron chi connectivity index (χ3n) is 21.4. The van der Waals surface area contributed by atoms with E-state index in [4.69, 9.17) is 9.31 Å². The van der Waals surface area contributed by atoms with Crippen molar-refractivity contribution in [3.8, 4) is 33.4 Å². The molecule has 4 nitrogen and oxygen atoms in total. The average Bonchev–Trinajstić information content (AvgIpc) is 1.56. The van der Waals surface area contributed by atoms with Crippen LogP contribution in [-0.4, -0.2) is 27.1 Å². The number of hydrogen-bond acceptors (Lipinski definition) is 2. The quantitative estimate of drug-likeness (QED) is 0.161. The minimum Gasteiger partial charge on any atom is -0.399 e. The second-order valence-corrected chi connectivity index (χ2v) is 28.3. The van der Waals surface area contributed by atoms with Crippen molar-refractivity contribution in [1.29, 1.82) is 0 Å². The lowest BCUT2D eigenvalue weighted by Gasteiger charge is -2.32. The molecule has 90 heavy (non-hydrogen) atoms. The molecule has 1 aliphatic heterocycles. The molecule has 1 fully saturated rings. The van der Waals surface area contributed by atoms with Gasteiger partial charge >= 0.3 is 7.12 Å². The zero-order chi connectivity index (χ0) is 60.9. The van der Waals surface area contributed by atoms with Crippen molar-refractivity contribution in [1.82, 2.24) is 8.80 Å². The summed E-state index contributed by atoms with van der Waals surface area (Å²) in [6.07, 6.45) is 0. The third-order valence-corrected chi connectivity index (χ3v) is 21.9. The molecule has 0 radical (unpaired) electrons. The first kappa shape index (κ1) is 53.7. The first-order valence-corrected chi connectivity index (χ1v) is 32.5. The summed E-state index contributed by atoms with van der Waals surface area (Å²) in [7, 11) is -0.351. The summed E-state index contributed by atoms with van der Waals surface area (Å²) in [5.41, 5.74) is 21.9. The summed E-state index contributed by atoms with van der Waals surface area (Å²) < 4.78 is 18.8. The van der Waals surface area contributed by atoms with Crippen LogP contribution in [0, 0.1) is 0 Å². The van der Waals surface area contributed by atoms with Gasteiger partial charge in [-0.2, -0.15) is 0 Å². The molecule has 2 aliphatic carbocycles. The van der Waals surface area contributed by atoms with Gasteiger partial charge in [-0.3, -0.25) is 0 Å². The highest BCUT2D eigenvalue weighted by Crippen LogP contribution is 2.55. The van der Waals surface area contributed by atoms with E-state index >= 15 is 0 Å². The van der Waals surface area contributed by atoms with Gasteiger partial charge in [0.2, 0.25) is 0 Å². The highest BCUT2D eigenvalue weighted by atomic mass is 79.9. The minimum absolute atomic E-state index is 0.0143. The van der Waals surface area contributed by atoms with Gasteiger partial charge in [0.25, 0.3) is 0 Å². The van der Waals surface area contributed by atoms with Gasteiger partial charge in [-0.1, -0.05) is 244 Å². The molecule has 0 atom stereocenters. The Labute approximate surface area is 531 Å². The fourth-order valence-electron chi connectivity index (χ4n) is 16.4. The van der Waals surface area contributed by atoms with Gasteiger partial charge in [0.1, 0.15) is 0 Å². The van der Waals surface area contributed by atoms with Crippen molar-refractivity contribution in [2.75, 3.05) is 0 Å². The Bertz CT molecular complexity index is 5890. The number of rotatable bonds is 2. The lowest BCUT2D eigenvalue weighted by molar-refractivity contribution is 0.00578. The Kier molecular flexibility index (Phi) is 11.3. The van der Waals surface area contributed by atoms with Crippen LogP contribution in [0.2, 0.25) is 0 Å². The van der Waals surface area contributed by atoms with E-state index in [1.807, 2.05) is 0 Å². The summed E-state index contributed by atoms with van der Waals surface area (Å²) in [5, 5.41) is 18.3. The Morgan fingerprint density at radius 1 is 0.311 bits per heavy atom. The second-order valence-electron chi connectivity index (χ2n) is 27.4. The Balaban J connectivity index is 0.000000108. The van der Waals surface area contributed by atoms with Crippen LogP contribution in [0.3, 0.4) is 0 Å². The van der Waals surface area contributed by atoms with Gasteiger partial charge in [0.05, 0.1) is 44.3 Å². The maximum atomic E-state index is 6.37. The highest BCUT2D eigenvalue weighted by molar-refractivity contribution is 9.10. The standard InChI is InChI=1S/C41H27N.C25H27BO2.C18H10BrN/c1-41(2)35-17-8-7-14-32(35)38-28-13-6-5-12-27(28)33(23-36(38)41)25-19-21-37-34(22-25)30-16-9-15-29-31-20-18-24-10-3-4-11-26(24)39(31)42(37)40(29)30;1-23(2)19-12-8-7-10-18(19)22-17-11-9-13-21(16(17)14-15-20(22)23)26-27-24(3,4)25(5,6)28-26;19-11-8-9-17-15(10-11)14-6-3-5-13-12-4-1-2-7-16(12)20(17)18(13)14/h3-23H,1-2H3;7-15H,1-6H3;1-10H. The van der Waals surface area contributed by atoms with Crippen molar-refractivity contribution < 1.29 is 9.31 Å². The van der Waals surface area contributed by atoms with Crippen molar-refractivity contribution in [2.45, 2.75) is 77.4 Å². The van der Waals surface area contributed by atoms with Crippen LogP contribution < -0.4 is 5.46 Å². The topological polar surface area (TPSA) is 27.3 Å². The van der Waals surface area contributed by atoms with E-state index in [2.05, 4.69) is 323 Å². The van der Waals surface area contributed by atoms with E-state index in [9.17, 15) is 0 Å². The zero-order valence-corrected chi connectivity index (χ0v) is 53.3. The first-order chi connectivity index (χ1) is 43.6. The van der Waals surface area contributed by atoms with Crippen LogP contribution in [0.15, 0.2) is 247 Å². The van der Waals surface area contributed by atoms with Crippen LogP contribution in [0.5, 0.6) is 0 Å². The van der Waals surface area contributed by atoms with E-state index in [1.54, 1.807) is 0 Å². The summed E-state index contributed by atoms with van der Waals surface area (Å²) in [6, 6.07) is 89.4. The molecule has 13 aromatic carbocycles. The maximum Gasteiger partial charge on any atom is 0.495 e. The lowest BCUT2D eigenvalue weighted by Crippen LogP contribution is -2.41. The molecule has 5 heterocycles. The summed E-state index contributed by atoms with van der Waals surface area (Å²) in [4.78, 5) is 0. The number of nitrogens with zero attached hydrogens (tertiary/aromatic N) is 2. The van der Waals surface area contributed by atoms with Gasteiger partial charge in [0.15, 0.2) is 0 Å². The van der Waals surface area contributed by atoms with Crippen molar-refractivity contribution in [3.63, 3.8) is 0 Å². The Morgan fingerprint density at radius 2 is 0.778 bits per heavy atom. The zero-order valence-electron chi connectivity index (χ0n) is 51.8. The second kappa shape index (κ2) is 18.9. The molecule has 1 saturated heterocycles. The monoisotopic (exact) mass is 1220 g/mol. The molecular weight excluding hydrogens is 1160 g/mol. The molecule has 3 aliphatic rings. The molecule has 0 amide bonds. The van der Waals surface area contributed by atoms with Gasteiger partial charge in [0, 0.05) is 63.8 Å². The molecule has 432 valence electrons. The molecule has 4 aromatic heterocycles. The molecule has 6 heteroatoms. The van der Waals surface area contributed by atoms with E-state index in [0.717, 1.165) is 9.94 Å². The molecule has 20 rings (SSSR count). The van der Waals surface area contributed by atoms with E-state index in [1.165, 1.54) is 164 Å². The maximum absolute atomic E-state index is 6.37. The van der Waals surface area contributed by atoms with Crippen molar-refractivity contribution in [3.05, 3.63) is 269 Å². The molecule has 17 aromatic rings. The minimum atomic E-state index is -0.351. The first-order valence-electron chi connectivity index (χ1n) is 31.7. The van der Waals surface area contributed by atoms with Gasteiger partial charge in [-0.15, -0.1) is 0 Å². The Hall–Kier alpha value is -9.30. The normalized spacial score (nSPS) is 15.9. The number of hydrogen-bond donors (Lipinski definition) is 0. The van der Waals surface area contributed by atoms with Crippen LogP contribution in [0.25, 0.3) is 142 Å². The van der Waals surface area contributed by atoms with E-state index in [0.29, 0.717) is 0 Å². The van der Waals surface area contributed by atoms with Crippen molar-refractivity contribution >= 4 is 137 Å². The molecule has 0 saturated carbocycles. The van der Waals surface area contributed by atoms with Crippen LogP contribution in [0.4, 0.5) is 0 Å². The molecule has 0 spiro atoms. The largest absolute Gasteiger partial charge is 0.495 e. The third kappa shape index (κ3) is 7.33. The lowest BCUT2D eigenvalue weighted by atomic mass is 9.74. The smallest absolute Gasteiger partial charge is 0.399 e. The van der Waals surface area contributed by atoms with Crippen molar-refractivity contribution in [2.24, 2.45) is 0 Å². The number of aromatic nitrogens is 2. The molecule has 0 N–H and O–H groups in total. The van der Waals surface area contributed by atoms with Gasteiger partial charge < -0.3 is 18.1 Å². The number of fused-ring (bicyclic) bond motifs is 24. The molecular formula is C84H64BBrN2O2. The van der Waals surface area contributed by atoms with Crippen LogP contribution >= 0.6 is 15.9 Å². The predicted molar refractivity (Wildman–Crippen MR) is 385 cm³/mol. The SMILES string of the molecule is Brc1ccc2c(c1)c1cccc3c4ccccc4n2c31.CC1(C)c2ccccc2-c2c1cc(-c1ccc3c(c1)c1cccc4c5ccc6ccccc6c5n3c14)c1ccccc21.CC1(C)c2ccccc2-c2c1ccc1c(B3OC(C)(C)C(C)(C)O3)cccc21. The molecule has 0 unspecified atom stereocenters. The average molecular weight is 1220 g/mol.